The van der Waals surface area contributed by atoms with Gasteiger partial charge in [0.1, 0.15) is 5.82 Å². The standard InChI is InChI=1S/C20H24FN3O3S/c1-23(2)19(15-5-7-16(21)8-6-15)14-22-28(26,27)18-11-9-17(10-12-18)24-13-3-4-20(24)25/h5-12,19,22H,3-4,13-14H2,1-2H3/t19-/m0/s1. The lowest BCUT2D eigenvalue weighted by Gasteiger charge is -2.25. The van der Waals surface area contributed by atoms with Crippen molar-refractivity contribution < 1.29 is 17.6 Å². The Morgan fingerprint density at radius 1 is 1.11 bits per heavy atom. The van der Waals surface area contributed by atoms with Crippen LogP contribution in [0.1, 0.15) is 24.4 Å². The zero-order valence-electron chi connectivity index (χ0n) is 15.9. The van der Waals surface area contributed by atoms with Crippen molar-refractivity contribution in [2.75, 3.05) is 32.1 Å². The van der Waals surface area contributed by atoms with Crippen molar-refractivity contribution in [2.45, 2.75) is 23.8 Å². The molecule has 2 aromatic rings. The first-order valence-electron chi connectivity index (χ1n) is 9.10. The highest BCUT2D eigenvalue weighted by molar-refractivity contribution is 7.89. The number of hydrogen-bond donors (Lipinski definition) is 1. The normalized spacial score (nSPS) is 16.0. The predicted octanol–water partition coefficient (Wildman–Crippen LogP) is 2.53. The van der Waals surface area contributed by atoms with Crippen LogP contribution in [-0.4, -0.2) is 46.4 Å². The minimum Gasteiger partial charge on any atom is -0.312 e. The number of hydrogen-bond acceptors (Lipinski definition) is 4. The highest BCUT2D eigenvalue weighted by Gasteiger charge is 2.23. The van der Waals surface area contributed by atoms with Crippen LogP contribution in [0.5, 0.6) is 0 Å². The lowest BCUT2D eigenvalue weighted by atomic mass is 10.1. The fourth-order valence-corrected chi connectivity index (χ4v) is 4.32. The molecule has 0 saturated carbocycles. The second-order valence-corrected chi connectivity index (χ2v) is 8.79. The van der Waals surface area contributed by atoms with E-state index in [0.717, 1.165) is 12.0 Å². The van der Waals surface area contributed by atoms with Crippen molar-refractivity contribution in [2.24, 2.45) is 0 Å². The molecule has 0 radical (unpaired) electrons. The largest absolute Gasteiger partial charge is 0.312 e. The average molecular weight is 405 g/mol. The molecule has 6 nitrogen and oxygen atoms in total. The van der Waals surface area contributed by atoms with E-state index in [1.807, 2.05) is 19.0 Å². The van der Waals surface area contributed by atoms with E-state index in [2.05, 4.69) is 4.72 Å². The summed E-state index contributed by atoms with van der Waals surface area (Å²) in [6.07, 6.45) is 1.34. The number of anilines is 1. The monoisotopic (exact) mass is 405 g/mol. The second kappa shape index (κ2) is 8.38. The molecule has 0 bridgehead atoms. The van der Waals surface area contributed by atoms with Crippen molar-refractivity contribution in [3.05, 3.63) is 59.9 Å². The molecule has 0 unspecified atom stereocenters. The van der Waals surface area contributed by atoms with Crippen molar-refractivity contribution in [3.63, 3.8) is 0 Å². The fourth-order valence-electron chi connectivity index (χ4n) is 3.28. The van der Waals surface area contributed by atoms with Gasteiger partial charge in [-0.3, -0.25) is 4.79 Å². The summed E-state index contributed by atoms with van der Waals surface area (Å²) in [6, 6.07) is 12.1. The van der Waals surface area contributed by atoms with Gasteiger partial charge >= 0.3 is 0 Å². The van der Waals surface area contributed by atoms with Gasteiger partial charge in [0.15, 0.2) is 0 Å². The van der Waals surface area contributed by atoms with Crippen molar-refractivity contribution in [3.8, 4) is 0 Å². The molecule has 28 heavy (non-hydrogen) atoms. The quantitative estimate of drug-likeness (QED) is 0.769. The molecule has 1 aliphatic heterocycles. The highest BCUT2D eigenvalue weighted by atomic mass is 32.2. The van der Waals surface area contributed by atoms with Gasteiger partial charge in [-0.25, -0.2) is 17.5 Å². The number of carbonyl (C=O) groups is 1. The summed E-state index contributed by atoms with van der Waals surface area (Å²) in [6.45, 7) is 0.804. The summed E-state index contributed by atoms with van der Waals surface area (Å²) in [7, 11) is -0.0381. The molecule has 1 atom stereocenters. The average Bonchev–Trinajstić information content (AvgIpc) is 3.09. The number of rotatable bonds is 7. The van der Waals surface area contributed by atoms with E-state index < -0.39 is 10.0 Å². The molecule has 0 aromatic heterocycles. The number of halogens is 1. The summed E-state index contributed by atoms with van der Waals surface area (Å²) >= 11 is 0. The van der Waals surface area contributed by atoms with Crippen LogP contribution < -0.4 is 9.62 Å². The van der Waals surface area contributed by atoms with Crippen molar-refractivity contribution >= 4 is 21.6 Å². The van der Waals surface area contributed by atoms with Crippen LogP contribution >= 0.6 is 0 Å². The summed E-state index contributed by atoms with van der Waals surface area (Å²) < 4.78 is 41.1. The topological polar surface area (TPSA) is 69.7 Å². The molecule has 0 spiro atoms. The molecule has 3 rings (SSSR count). The first kappa shape index (κ1) is 20.4. The Morgan fingerprint density at radius 2 is 1.75 bits per heavy atom. The molecule has 1 amide bonds. The van der Waals surface area contributed by atoms with E-state index in [9.17, 15) is 17.6 Å². The molecule has 1 heterocycles. The molecule has 8 heteroatoms. The van der Waals surface area contributed by atoms with Gasteiger partial charge in [0.2, 0.25) is 15.9 Å². The van der Waals surface area contributed by atoms with Gasteiger partial charge in [-0.2, -0.15) is 0 Å². The van der Waals surface area contributed by atoms with Gasteiger partial charge in [-0.05, 0) is 62.5 Å². The molecule has 1 N–H and O–H groups in total. The maximum Gasteiger partial charge on any atom is 0.240 e. The number of likely N-dealkylation sites (N-methyl/N-ethyl adjacent to an activating group) is 1. The highest BCUT2D eigenvalue weighted by Crippen LogP contribution is 2.23. The SMILES string of the molecule is CN(C)[C@@H](CNS(=O)(=O)c1ccc(N2CCCC2=O)cc1)c1ccc(F)cc1. The Balaban J connectivity index is 1.71. The third-order valence-electron chi connectivity index (χ3n) is 4.88. The Bertz CT molecular complexity index is 928. The Labute approximate surface area is 165 Å². The number of carbonyl (C=O) groups excluding carboxylic acids is 1. The first-order valence-corrected chi connectivity index (χ1v) is 10.6. The molecule has 2 aromatic carbocycles. The minimum atomic E-state index is -3.71. The number of amides is 1. The molecular weight excluding hydrogens is 381 g/mol. The van der Waals surface area contributed by atoms with E-state index in [0.29, 0.717) is 18.7 Å². The Hall–Kier alpha value is -2.29. The zero-order chi connectivity index (χ0) is 20.3. The predicted molar refractivity (Wildman–Crippen MR) is 106 cm³/mol. The van der Waals surface area contributed by atoms with Crippen molar-refractivity contribution in [1.29, 1.82) is 0 Å². The van der Waals surface area contributed by atoms with Crippen molar-refractivity contribution in [1.82, 2.24) is 9.62 Å². The van der Waals surface area contributed by atoms with Gasteiger partial charge in [-0.15, -0.1) is 0 Å². The summed E-state index contributed by atoms with van der Waals surface area (Å²) in [4.78, 5) is 15.5. The van der Waals surface area contributed by atoms with Crippen LogP contribution in [0.25, 0.3) is 0 Å². The third-order valence-corrected chi connectivity index (χ3v) is 6.32. The summed E-state index contributed by atoms with van der Waals surface area (Å²) in [5.74, 6) is -0.278. The van der Waals surface area contributed by atoms with Crippen LogP contribution in [-0.2, 0) is 14.8 Å². The van der Waals surface area contributed by atoms with Crippen LogP contribution in [0.2, 0.25) is 0 Å². The lowest BCUT2D eigenvalue weighted by Crippen LogP contribution is -2.34. The van der Waals surface area contributed by atoms with Crippen LogP contribution in [0, 0.1) is 5.82 Å². The zero-order valence-corrected chi connectivity index (χ0v) is 16.7. The van der Waals surface area contributed by atoms with E-state index in [1.165, 1.54) is 24.3 Å². The lowest BCUT2D eigenvalue weighted by molar-refractivity contribution is -0.117. The van der Waals surface area contributed by atoms with Crippen LogP contribution in [0.4, 0.5) is 10.1 Å². The van der Waals surface area contributed by atoms with Crippen LogP contribution in [0.3, 0.4) is 0 Å². The van der Waals surface area contributed by atoms with Gasteiger partial charge in [0, 0.05) is 31.2 Å². The van der Waals surface area contributed by atoms with Gasteiger partial charge in [0.05, 0.1) is 4.90 Å². The van der Waals surface area contributed by atoms with E-state index in [4.69, 9.17) is 0 Å². The minimum absolute atomic E-state index is 0.0573. The molecule has 1 saturated heterocycles. The van der Waals surface area contributed by atoms with E-state index >= 15 is 0 Å². The first-order chi connectivity index (χ1) is 13.3. The van der Waals surface area contributed by atoms with E-state index in [1.54, 1.807) is 29.2 Å². The summed E-state index contributed by atoms with van der Waals surface area (Å²) in [5, 5.41) is 0. The Morgan fingerprint density at radius 3 is 2.29 bits per heavy atom. The summed E-state index contributed by atoms with van der Waals surface area (Å²) in [5.41, 5.74) is 1.52. The van der Waals surface area contributed by atoms with Gasteiger partial charge in [0.25, 0.3) is 0 Å². The molecular formula is C20H24FN3O3S. The molecule has 0 aliphatic carbocycles. The van der Waals surface area contributed by atoms with E-state index in [-0.39, 0.29) is 29.2 Å². The maximum absolute atomic E-state index is 13.2. The van der Waals surface area contributed by atoms with Gasteiger partial charge in [-0.1, -0.05) is 12.1 Å². The van der Waals surface area contributed by atoms with Gasteiger partial charge < -0.3 is 9.80 Å². The number of benzene rings is 2. The second-order valence-electron chi connectivity index (χ2n) is 7.03. The number of nitrogens with zero attached hydrogens (tertiary/aromatic N) is 2. The Kier molecular flexibility index (Phi) is 6.12. The maximum atomic E-state index is 13.2. The molecule has 1 fully saturated rings. The van der Waals surface area contributed by atoms with Crippen LogP contribution in [0.15, 0.2) is 53.4 Å². The molecule has 1 aliphatic rings. The number of nitrogens with one attached hydrogen (secondary N) is 1. The smallest absolute Gasteiger partial charge is 0.240 e. The molecule has 150 valence electrons. The number of sulfonamides is 1. The fraction of sp³-hybridized carbons (Fsp3) is 0.350. The third kappa shape index (κ3) is 4.57.